The molecule has 0 fully saturated rings. The van der Waals surface area contributed by atoms with Gasteiger partial charge in [0.2, 0.25) is 0 Å². The van der Waals surface area contributed by atoms with Gasteiger partial charge in [0, 0.05) is 29.7 Å². The smallest absolute Gasteiger partial charge is 0.123 e. The van der Waals surface area contributed by atoms with Crippen LogP contribution in [0.3, 0.4) is 0 Å². The first-order valence-corrected chi connectivity index (χ1v) is 7.04. The van der Waals surface area contributed by atoms with E-state index in [1.807, 2.05) is 54.3 Å². The Morgan fingerprint density at radius 3 is 2.68 bits per heavy atom. The zero-order valence-electron chi connectivity index (χ0n) is 10.6. The molecule has 0 spiro atoms. The number of aromatic nitrogens is 2. The van der Waals surface area contributed by atoms with Crippen LogP contribution >= 0.6 is 11.8 Å². The maximum Gasteiger partial charge on any atom is 0.123 e. The van der Waals surface area contributed by atoms with Gasteiger partial charge < -0.3 is 9.67 Å². The molecule has 0 saturated heterocycles. The number of nitrogens with zero attached hydrogens (tertiary/aromatic N) is 2. The maximum atomic E-state index is 9.87. The van der Waals surface area contributed by atoms with Gasteiger partial charge >= 0.3 is 0 Å². The van der Waals surface area contributed by atoms with Crippen molar-refractivity contribution in [3.63, 3.8) is 0 Å². The Hall–Kier alpha value is -1.94. The number of hydrogen-bond donors (Lipinski definition) is 1. The fourth-order valence-electron chi connectivity index (χ4n) is 2.06. The summed E-state index contributed by atoms with van der Waals surface area (Å²) in [5.41, 5.74) is 0. The fraction of sp³-hybridized carbons (Fsp3) is 0.133. The van der Waals surface area contributed by atoms with Crippen molar-refractivity contribution in [1.82, 2.24) is 9.55 Å². The van der Waals surface area contributed by atoms with Gasteiger partial charge in [0.05, 0.1) is 5.75 Å². The molecule has 19 heavy (non-hydrogen) atoms. The summed E-state index contributed by atoms with van der Waals surface area (Å²) in [6, 6.07) is 11.6. The normalized spacial score (nSPS) is 11.0. The second kappa shape index (κ2) is 4.97. The van der Waals surface area contributed by atoms with E-state index in [1.54, 1.807) is 17.8 Å². The number of phenols is 1. The summed E-state index contributed by atoms with van der Waals surface area (Å²) in [5.74, 6) is 2.19. The van der Waals surface area contributed by atoms with Crippen LogP contribution in [0, 0.1) is 0 Å². The average molecular weight is 270 g/mol. The lowest BCUT2D eigenvalue weighted by atomic mass is 10.1. The minimum atomic E-state index is 0.331. The van der Waals surface area contributed by atoms with E-state index in [1.165, 1.54) is 0 Å². The van der Waals surface area contributed by atoms with E-state index in [0.29, 0.717) is 5.75 Å². The molecule has 1 heterocycles. The van der Waals surface area contributed by atoms with Gasteiger partial charge in [-0.2, -0.15) is 0 Å². The molecule has 0 aliphatic heterocycles. The summed E-state index contributed by atoms with van der Waals surface area (Å²) < 4.78 is 2.02. The molecular weight excluding hydrogens is 256 g/mol. The Bertz CT molecular complexity index is 721. The van der Waals surface area contributed by atoms with Crippen LogP contribution in [0.5, 0.6) is 5.75 Å². The summed E-state index contributed by atoms with van der Waals surface area (Å²) in [6.07, 6.45) is 3.76. The van der Waals surface area contributed by atoms with Crippen molar-refractivity contribution in [1.29, 1.82) is 0 Å². The van der Waals surface area contributed by atoms with Crippen LogP contribution in [0.25, 0.3) is 10.8 Å². The minimum absolute atomic E-state index is 0.331. The van der Waals surface area contributed by atoms with Crippen LogP contribution < -0.4 is 0 Å². The third-order valence-corrected chi connectivity index (χ3v) is 4.21. The number of aryl methyl sites for hydroxylation is 1. The predicted molar refractivity (Wildman–Crippen MR) is 78.4 cm³/mol. The highest BCUT2D eigenvalue weighted by atomic mass is 32.2. The average Bonchev–Trinajstić information content (AvgIpc) is 2.84. The summed E-state index contributed by atoms with van der Waals surface area (Å²) in [5, 5.41) is 11.8. The Morgan fingerprint density at radius 2 is 1.95 bits per heavy atom. The van der Waals surface area contributed by atoms with Gasteiger partial charge in [0.1, 0.15) is 11.6 Å². The summed E-state index contributed by atoms with van der Waals surface area (Å²) in [6.45, 7) is 0. The Labute approximate surface area is 115 Å². The van der Waals surface area contributed by atoms with Gasteiger partial charge in [0.25, 0.3) is 0 Å². The SMILES string of the molecule is Cn1ccnc1CSc1ccc(O)c2ccccc12. The van der Waals surface area contributed by atoms with Crippen LogP contribution in [-0.2, 0) is 12.8 Å². The molecule has 3 aromatic rings. The van der Waals surface area contributed by atoms with Gasteiger partial charge in [-0.15, -0.1) is 11.8 Å². The first kappa shape index (κ1) is 12.1. The lowest BCUT2D eigenvalue weighted by Crippen LogP contribution is -1.94. The fourth-order valence-corrected chi connectivity index (χ4v) is 3.12. The zero-order valence-corrected chi connectivity index (χ0v) is 11.4. The van der Waals surface area contributed by atoms with Gasteiger partial charge in [-0.3, -0.25) is 0 Å². The molecule has 3 rings (SSSR count). The van der Waals surface area contributed by atoms with Gasteiger partial charge in [-0.05, 0) is 17.5 Å². The third-order valence-electron chi connectivity index (χ3n) is 3.14. The number of thioether (sulfide) groups is 1. The van der Waals surface area contributed by atoms with Crippen molar-refractivity contribution in [3.8, 4) is 5.75 Å². The topological polar surface area (TPSA) is 38.0 Å². The van der Waals surface area contributed by atoms with Crippen molar-refractivity contribution in [2.75, 3.05) is 0 Å². The molecule has 0 saturated carbocycles. The third kappa shape index (κ3) is 2.31. The first-order chi connectivity index (χ1) is 9.25. The van der Waals surface area contributed by atoms with Crippen LogP contribution in [0.15, 0.2) is 53.7 Å². The molecule has 0 aliphatic carbocycles. The molecule has 0 amide bonds. The quantitative estimate of drug-likeness (QED) is 0.739. The lowest BCUT2D eigenvalue weighted by Gasteiger charge is -2.07. The van der Waals surface area contributed by atoms with Crippen molar-refractivity contribution in [3.05, 3.63) is 54.6 Å². The van der Waals surface area contributed by atoms with E-state index >= 15 is 0 Å². The molecule has 3 nitrogen and oxygen atoms in total. The number of phenolic OH excluding ortho intramolecular Hbond substituents is 1. The van der Waals surface area contributed by atoms with E-state index in [0.717, 1.165) is 27.2 Å². The molecular formula is C15H14N2OS. The second-order valence-corrected chi connectivity index (χ2v) is 5.39. The van der Waals surface area contributed by atoms with Crippen LogP contribution in [0.2, 0.25) is 0 Å². The molecule has 0 aliphatic rings. The molecule has 1 aromatic heterocycles. The largest absolute Gasteiger partial charge is 0.507 e. The maximum absolute atomic E-state index is 9.87. The van der Waals surface area contributed by atoms with Crippen LogP contribution in [0.4, 0.5) is 0 Å². The highest BCUT2D eigenvalue weighted by Crippen LogP contribution is 2.34. The monoisotopic (exact) mass is 270 g/mol. The number of imidazole rings is 1. The van der Waals surface area contributed by atoms with E-state index in [2.05, 4.69) is 4.98 Å². The first-order valence-electron chi connectivity index (χ1n) is 6.05. The number of rotatable bonds is 3. The van der Waals surface area contributed by atoms with Crippen molar-refractivity contribution in [2.45, 2.75) is 10.6 Å². The Morgan fingerprint density at radius 1 is 1.16 bits per heavy atom. The van der Waals surface area contributed by atoms with E-state index < -0.39 is 0 Å². The van der Waals surface area contributed by atoms with Crippen LogP contribution in [-0.4, -0.2) is 14.7 Å². The molecule has 0 unspecified atom stereocenters. The summed E-state index contributed by atoms with van der Waals surface area (Å²) in [4.78, 5) is 5.48. The number of fused-ring (bicyclic) bond motifs is 1. The van der Waals surface area contributed by atoms with Gasteiger partial charge in [-0.1, -0.05) is 24.3 Å². The summed E-state index contributed by atoms with van der Waals surface area (Å²) in [7, 11) is 2.00. The molecule has 4 heteroatoms. The van der Waals surface area contributed by atoms with Crippen molar-refractivity contribution >= 4 is 22.5 Å². The summed E-state index contributed by atoms with van der Waals surface area (Å²) >= 11 is 1.74. The van der Waals surface area contributed by atoms with E-state index in [9.17, 15) is 5.11 Å². The molecule has 96 valence electrons. The van der Waals surface area contributed by atoms with E-state index in [-0.39, 0.29) is 0 Å². The zero-order chi connectivity index (χ0) is 13.2. The Balaban J connectivity index is 1.93. The van der Waals surface area contributed by atoms with Gasteiger partial charge in [-0.25, -0.2) is 4.98 Å². The predicted octanol–water partition coefficient (Wildman–Crippen LogP) is 3.57. The molecule has 1 N–H and O–H groups in total. The highest BCUT2D eigenvalue weighted by molar-refractivity contribution is 7.98. The van der Waals surface area contributed by atoms with E-state index in [4.69, 9.17) is 0 Å². The number of aromatic hydroxyl groups is 1. The van der Waals surface area contributed by atoms with Crippen molar-refractivity contribution < 1.29 is 5.11 Å². The molecule has 0 radical (unpaired) electrons. The minimum Gasteiger partial charge on any atom is -0.507 e. The Kier molecular flexibility index (Phi) is 3.17. The number of hydrogen-bond acceptors (Lipinski definition) is 3. The lowest BCUT2D eigenvalue weighted by molar-refractivity contribution is 0.481. The van der Waals surface area contributed by atoms with Crippen molar-refractivity contribution in [2.24, 2.45) is 7.05 Å². The molecule has 0 bridgehead atoms. The number of benzene rings is 2. The van der Waals surface area contributed by atoms with Gasteiger partial charge in [0.15, 0.2) is 0 Å². The highest BCUT2D eigenvalue weighted by Gasteiger charge is 2.07. The van der Waals surface area contributed by atoms with Crippen LogP contribution in [0.1, 0.15) is 5.82 Å². The second-order valence-electron chi connectivity index (χ2n) is 4.37. The molecule has 0 atom stereocenters. The standard InChI is InChI=1S/C15H14N2OS/c1-17-9-8-16-15(17)10-19-14-7-6-13(18)11-4-2-3-5-12(11)14/h2-9,18H,10H2,1H3. The molecule has 2 aromatic carbocycles.